The summed E-state index contributed by atoms with van der Waals surface area (Å²) in [7, 11) is 0. The minimum Gasteiger partial charge on any atom is -0.361 e. The Kier molecular flexibility index (Phi) is 4.27. The van der Waals surface area contributed by atoms with Crippen LogP contribution < -0.4 is 5.32 Å². The van der Waals surface area contributed by atoms with Gasteiger partial charge in [-0.3, -0.25) is 0 Å². The van der Waals surface area contributed by atoms with Crippen molar-refractivity contribution in [2.45, 2.75) is 32.2 Å². The third-order valence-corrected chi connectivity index (χ3v) is 3.94. The lowest BCUT2D eigenvalue weighted by Gasteiger charge is -2.34. The summed E-state index contributed by atoms with van der Waals surface area (Å²) in [5.41, 5.74) is 0.507. The molecule has 122 valence electrons. The van der Waals surface area contributed by atoms with Crippen LogP contribution in [0.25, 0.3) is 0 Å². The molecule has 1 saturated heterocycles. The Morgan fingerprint density at radius 3 is 2.96 bits per heavy atom. The molecule has 1 aliphatic heterocycles. The van der Waals surface area contributed by atoms with Crippen LogP contribution in [0, 0.1) is 18.6 Å². The van der Waals surface area contributed by atoms with Gasteiger partial charge in [-0.1, -0.05) is 11.2 Å². The fourth-order valence-corrected chi connectivity index (χ4v) is 2.81. The summed E-state index contributed by atoms with van der Waals surface area (Å²) in [6.45, 7) is 2.31. The predicted octanol–water partition coefficient (Wildman–Crippen LogP) is 4.02. The number of hydrogen-bond donors (Lipinski definition) is 1. The molecule has 2 amide bonds. The molecule has 5 nitrogen and oxygen atoms in total. The molecule has 7 heteroatoms. The number of rotatable bonds is 2. The van der Waals surface area contributed by atoms with E-state index in [0.717, 1.165) is 25.3 Å². The van der Waals surface area contributed by atoms with E-state index in [2.05, 4.69) is 10.5 Å². The van der Waals surface area contributed by atoms with Crippen molar-refractivity contribution in [1.82, 2.24) is 10.1 Å². The van der Waals surface area contributed by atoms with Gasteiger partial charge in [0.25, 0.3) is 0 Å². The zero-order valence-electron chi connectivity index (χ0n) is 12.7. The summed E-state index contributed by atoms with van der Waals surface area (Å²) in [4.78, 5) is 14.1. The Balaban J connectivity index is 1.80. The average molecular weight is 321 g/mol. The van der Waals surface area contributed by atoms with Gasteiger partial charge in [0.2, 0.25) is 0 Å². The number of likely N-dealkylation sites (tertiary alicyclic amines) is 1. The minimum absolute atomic E-state index is 0.171. The van der Waals surface area contributed by atoms with Gasteiger partial charge in [-0.15, -0.1) is 0 Å². The van der Waals surface area contributed by atoms with Gasteiger partial charge in [0.1, 0.15) is 11.5 Å². The van der Waals surface area contributed by atoms with Crippen LogP contribution in [0.3, 0.4) is 0 Å². The highest BCUT2D eigenvalue weighted by Gasteiger charge is 2.30. The Bertz CT molecular complexity index is 717. The second-order valence-electron chi connectivity index (χ2n) is 5.60. The first kappa shape index (κ1) is 15.5. The van der Waals surface area contributed by atoms with Crippen molar-refractivity contribution in [2.24, 2.45) is 0 Å². The minimum atomic E-state index is -1.06. The van der Waals surface area contributed by atoms with Crippen molar-refractivity contribution in [3.8, 4) is 0 Å². The molecule has 3 rings (SSSR count). The summed E-state index contributed by atoms with van der Waals surface area (Å²) in [6, 6.07) is 4.78. The molecule has 0 aliphatic carbocycles. The third kappa shape index (κ3) is 3.18. The zero-order chi connectivity index (χ0) is 16.4. The third-order valence-electron chi connectivity index (χ3n) is 3.94. The van der Waals surface area contributed by atoms with Gasteiger partial charge in [-0.25, -0.2) is 13.6 Å². The fourth-order valence-electron chi connectivity index (χ4n) is 2.81. The highest BCUT2D eigenvalue weighted by molar-refractivity contribution is 5.89. The Morgan fingerprint density at radius 1 is 1.39 bits per heavy atom. The van der Waals surface area contributed by atoms with Crippen molar-refractivity contribution in [1.29, 1.82) is 0 Å². The highest BCUT2D eigenvalue weighted by atomic mass is 19.2. The number of nitrogens with one attached hydrogen (secondary N) is 1. The van der Waals surface area contributed by atoms with Crippen LogP contribution in [0.2, 0.25) is 0 Å². The van der Waals surface area contributed by atoms with Crippen LogP contribution in [0.1, 0.15) is 36.8 Å². The largest absolute Gasteiger partial charge is 0.361 e. The number of hydrogen-bond acceptors (Lipinski definition) is 3. The first-order valence-electron chi connectivity index (χ1n) is 7.51. The molecule has 0 spiro atoms. The van der Waals surface area contributed by atoms with Crippen LogP contribution in [-0.4, -0.2) is 22.6 Å². The van der Waals surface area contributed by atoms with E-state index in [9.17, 15) is 13.6 Å². The van der Waals surface area contributed by atoms with Crippen LogP contribution in [0.4, 0.5) is 19.3 Å². The van der Waals surface area contributed by atoms with E-state index in [4.69, 9.17) is 4.52 Å². The summed E-state index contributed by atoms with van der Waals surface area (Å²) in [5.74, 6) is -1.39. The molecule has 0 saturated carbocycles. The second-order valence-corrected chi connectivity index (χ2v) is 5.60. The van der Waals surface area contributed by atoms with E-state index in [0.29, 0.717) is 18.0 Å². The van der Waals surface area contributed by atoms with E-state index >= 15 is 0 Å². The lowest BCUT2D eigenvalue weighted by Crippen LogP contribution is -2.41. The number of halogens is 2. The molecule has 23 heavy (non-hydrogen) atoms. The molecule has 1 aromatic carbocycles. The maximum Gasteiger partial charge on any atom is 0.322 e. The number of piperidine rings is 1. The molecule has 1 fully saturated rings. The number of carbonyl (C=O) groups excluding carboxylic acids is 1. The monoisotopic (exact) mass is 321 g/mol. The summed E-state index contributed by atoms with van der Waals surface area (Å²) in [6.07, 6.45) is 2.58. The van der Waals surface area contributed by atoms with Crippen molar-refractivity contribution in [2.75, 3.05) is 11.9 Å². The molecule has 0 radical (unpaired) electrons. The molecule has 1 aromatic heterocycles. The highest BCUT2D eigenvalue weighted by Crippen LogP contribution is 2.31. The quantitative estimate of drug-likeness (QED) is 0.909. The normalized spacial score (nSPS) is 18.0. The van der Waals surface area contributed by atoms with Crippen molar-refractivity contribution in [3.63, 3.8) is 0 Å². The summed E-state index contributed by atoms with van der Waals surface area (Å²) >= 11 is 0. The standard InChI is InChI=1S/C16H17F2N3O2/c1-10-9-13(20-23-10)14-7-2-3-8-21(14)16(22)19-12-6-4-5-11(17)15(12)18/h4-6,9,14H,2-3,7-8H2,1H3,(H,19,22)/t14-/m1/s1. The molecule has 1 atom stereocenters. The topological polar surface area (TPSA) is 58.4 Å². The van der Waals surface area contributed by atoms with Gasteiger partial charge in [0.05, 0.1) is 11.7 Å². The number of carbonyl (C=O) groups is 1. The molecule has 0 bridgehead atoms. The predicted molar refractivity (Wildman–Crippen MR) is 79.9 cm³/mol. The van der Waals surface area contributed by atoms with E-state index < -0.39 is 17.7 Å². The van der Waals surface area contributed by atoms with Gasteiger partial charge >= 0.3 is 6.03 Å². The Morgan fingerprint density at radius 2 is 2.22 bits per heavy atom. The first-order chi connectivity index (χ1) is 11.1. The maximum absolute atomic E-state index is 13.7. The SMILES string of the molecule is Cc1cc([C@H]2CCCCN2C(=O)Nc2cccc(F)c2F)no1. The Labute approximate surface area is 132 Å². The number of aryl methyl sites for hydroxylation is 1. The van der Waals surface area contributed by atoms with Gasteiger partial charge in [0.15, 0.2) is 11.6 Å². The molecule has 2 aromatic rings. The summed E-state index contributed by atoms with van der Waals surface area (Å²) in [5, 5.41) is 6.42. The molecule has 1 N–H and O–H groups in total. The summed E-state index contributed by atoms with van der Waals surface area (Å²) < 4.78 is 32.1. The lowest BCUT2D eigenvalue weighted by molar-refractivity contribution is 0.159. The molecule has 0 unspecified atom stereocenters. The van der Waals surface area contributed by atoms with Gasteiger partial charge in [-0.2, -0.15) is 0 Å². The zero-order valence-corrected chi connectivity index (χ0v) is 12.7. The van der Waals surface area contributed by atoms with E-state index in [1.807, 2.05) is 0 Å². The van der Waals surface area contributed by atoms with Crippen LogP contribution in [0.15, 0.2) is 28.8 Å². The number of aromatic nitrogens is 1. The molecule has 2 heterocycles. The first-order valence-corrected chi connectivity index (χ1v) is 7.51. The molecular formula is C16H17F2N3O2. The van der Waals surface area contributed by atoms with Crippen LogP contribution in [-0.2, 0) is 0 Å². The van der Waals surface area contributed by atoms with Crippen molar-refractivity contribution in [3.05, 3.63) is 47.4 Å². The van der Waals surface area contributed by atoms with E-state index in [-0.39, 0.29) is 11.7 Å². The number of amides is 2. The van der Waals surface area contributed by atoms with Gasteiger partial charge in [-0.05, 0) is 38.3 Å². The number of benzene rings is 1. The van der Waals surface area contributed by atoms with Crippen molar-refractivity contribution >= 4 is 11.7 Å². The average Bonchev–Trinajstić information content (AvgIpc) is 2.98. The smallest absolute Gasteiger partial charge is 0.322 e. The molecular weight excluding hydrogens is 304 g/mol. The maximum atomic E-state index is 13.7. The van der Waals surface area contributed by atoms with Crippen LogP contribution in [0.5, 0.6) is 0 Å². The van der Waals surface area contributed by atoms with Crippen molar-refractivity contribution < 1.29 is 18.1 Å². The second kappa shape index (κ2) is 6.36. The van der Waals surface area contributed by atoms with E-state index in [1.165, 1.54) is 12.1 Å². The van der Waals surface area contributed by atoms with Gasteiger partial charge in [0, 0.05) is 12.6 Å². The molecule has 1 aliphatic rings. The number of nitrogens with zero attached hydrogens (tertiary/aromatic N) is 2. The van der Waals surface area contributed by atoms with Crippen LogP contribution >= 0.6 is 0 Å². The van der Waals surface area contributed by atoms with E-state index in [1.54, 1.807) is 17.9 Å². The van der Waals surface area contributed by atoms with Gasteiger partial charge < -0.3 is 14.7 Å². The number of urea groups is 1. The fraction of sp³-hybridized carbons (Fsp3) is 0.375. The Hall–Kier alpha value is -2.44. The lowest BCUT2D eigenvalue weighted by atomic mass is 9.99. The number of anilines is 1.